The molecule has 7 nitrogen and oxygen atoms in total. The summed E-state index contributed by atoms with van der Waals surface area (Å²) in [6.07, 6.45) is -1.35. The van der Waals surface area contributed by atoms with Gasteiger partial charge in [0.2, 0.25) is 0 Å². The Morgan fingerprint density at radius 2 is 2.04 bits per heavy atom. The van der Waals surface area contributed by atoms with Crippen molar-refractivity contribution in [1.29, 1.82) is 5.41 Å². The van der Waals surface area contributed by atoms with Gasteiger partial charge >= 0.3 is 6.09 Å². The van der Waals surface area contributed by atoms with E-state index in [1.165, 1.54) is 4.31 Å². The summed E-state index contributed by atoms with van der Waals surface area (Å²) in [5.41, 5.74) is -0.0729. The average Bonchev–Trinajstić information content (AvgIpc) is 2.47. The van der Waals surface area contributed by atoms with Crippen molar-refractivity contribution in [2.45, 2.75) is 33.8 Å². The molecular weight excluding hydrogens is 377 g/mol. The smallest absolute Gasteiger partial charge is 0.421 e. The van der Waals surface area contributed by atoms with Gasteiger partial charge in [0.05, 0.1) is 25.3 Å². The standard InChI is InChI=1S/C12H24N3O4PS3/c1-6-15(20(22)17-7-12(3,4)8-18-20)23-14(5)11(16)19-9(2)10(13)21/h9H,6-8H2,1-5H3,(H2,13,21)/p-1. The van der Waals surface area contributed by atoms with Gasteiger partial charge in [-0.05, 0) is 18.7 Å². The SMILES string of the molecule is CCN(SN(C)C(=O)OC(C)C(=N)[S-])P1(=S)OCC(C)(C)CO1. The first-order valence-corrected chi connectivity index (χ1v) is 10.8. The number of rotatable bonds is 6. The lowest BCUT2D eigenvalue weighted by Gasteiger charge is -2.41. The largest absolute Gasteiger partial charge is 0.762 e. The lowest BCUT2D eigenvalue weighted by molar-refractivity contribution is 0.0506. The Hall–Kier alpha value is 0.0400. The summed E-state index contributed by atoms with van der Waals surface area (Å²) in [5, 5.41) is 7.16. The van der Waals surface area contributed by atoms with E-state index in [-0.39, 0.29) is 10.5 Å². The van der Waals surface area contributed by atoms with Gasteiger partial charge in [-0.2, -0.15) is 4.08 Å². The third-order valence-electron chi connectivity index (χ3n) is 2.90. The van der Waals surface area contributed by atoms with E-state index in [0.717, 1.165) is 12.1 Å². The van der Waals surface area contributed by atoms with Crippen molar-refractivity contribution in [2.75, 3.05) is 26.8 Å². The van der Waals surface area contributed by atoms with Crippen molar-refractivity contribution >= 4 is 54.3 Å². The quantitative estimate of drug-likeness (QED) is 0.240. The number of carbonyl (C=O) groups excluding carboxylic acids is 1. The molecule has 23 heavy (non-hydrogen) atoms. The highest BCUT2D eigenvalue weighted by Crippen LogP contribution is 2.59. The summed E-state index contributed by atoms with van der Waals surface area (Å²) < 4.78 is 19.7. The van der Waals surface area contributed by atoms with Gasteiger partial charge < -0.3 is 31.8 Å². The fourth-order valence-corrected chi connectivity index (χ4v) is 5.61. The van der Waals surface area contributed by atoms with Gasteiger partial charge in [0, 0.05) is 19.0 Å². The van der Waals surface area contributed by atoms with Gasteiger partial charge in [-0.3, -0.25) is 0 Å². The molecule has 1 atom stereocenters. The Morgan fingerprint density at radius 1 is 1.52 bits per heavy atom. The van der Waals surface area contributed by atoms with E-state index < -0.39 is 18.8 Å². The minimum Gasteiger partial charge on any atom is -0.762 e. The lowest BCUT2D eigenvalue weighted by Crippen LogP contribution is -2.35. The first kappa shape index (κ1) is 21.1. The van der Waals surface area contributed by atoms with Crippen LogP contribution in [0.25, 0.3) is 0 Å². The second-order valence-electron chi connectivity index (χ2n) is 5.82. The highest BCUT2D eigenvalue weighted by atomic mass is 32.5. The van der Waals surface area contributed by atoms with Crippen molar-refractivity contribution in [2.24, 2.45) is 5.41 Å². The van der Waals surface area contributed by atoms with Crippen LogP contribution < -0.4 is 0 Å². The highest BCUT2D eigenvalue weighted by molar-refractivity contribution is 8.15. The average molecular weight is 401 g/mol. The molecular formula is C12H23N3O4PS3-. The number of carbonyl (C=O) groups is 1. The molecule has 1 rings (SSSR count). The number of nitrogens with zero attached hydrogens (tertiary/aromatic N) is 2. The molecule has 0 aromatic heterocycles. The molecule has 1 fully saturated rings. The second-order valence-corrected chi connectivity index (χ2v) is 11.0. The van der Waals surface area contributed by atoms with Gasteiger partial charge in [-0.15, -0.1) is 0 Å². The summed E-state index contributed by atoms with van der Waals surface area (Å²) in [7, 11) is 1.56. The van der Waals surface area contributed by atoms with Gasteiger partial charge in [0.25, 0.3) is 6.64 Å². The van der Waals surface area contributed by atoms with Crippen molar-refractivity contribution < 1.29 is 18.6 Å². The summed E-state index contributed by atoms with van der Waals surface area (Å²) in [6, 6.07) is 0. The molecule has 1 N–H and O–H groups in total. The molecule has 1 aliphatic rings. The molecule has 0 spiro atoms. The molecule has 1 heterocycles. The molecule has 1 unspecified atom stereocenters. The molecule has 0 radical (unpaired) electrons. The fraction of sp³-hybridized carbons (Fsp3) is 0.833. The van der Waals surface area contributed by atoms with Crippen molar-refractivity contribution in [3.63, 3.8) is 0 Å². The third-order valence-corrected chi connectivity index (χ3v) is 8.21. The Morgan fingerprint density at radius 3 is 2.48 bits per heavy atom. The Labute approximate surface area is 152 Å². The first-order chi connectivity index (χ1) is 10.5. The maximum absolute atomic E-state index is 12.0. The Kier molecular flexibility index (Phi) is 7.72. The minimum atomic E-state index is -2.63. The van der Waals surface area contributed by atoms with Crippen LogP contribution >= 0.6 is 18.8 Å². The van der Waals surface area contributed by atoms with Gasteiger partial charge in [0.15, 0.2) is 0 Å². The van der Waals surface area contributed by atoms with E-state index in [0.29, 0.717) is 19.8 Å². The maximum atomic E-state index is 12.0. The van der Waals surface area contributed by atoms with Crippen LogP contribution in [0, 0.1) is 10.8 Å². The number of nitrogens with one attached hydrogen (secondary N) is 1. The van der Waals surface area contributed by atoms with Gasteiger partial charge in [0.1, 0.15) is 6.10 Å². The predicted octanol–water partition coefficient (Wildman–Crippen LogP) is 3.15. The molecule has 0 bridgehead atoms. The van der Waals surface area contributed by atoms with E-state index in [1.54, 1.807) is 18.0 Å². The first-order valence-electron chi connectivity index (χ1n) is 7.06. The van der Waals surface area contributed by atoms with Gasteiger partial charge in [-0.1, -0.05) is 25.8 Å². The molecule has 0 aliphatic carbocycles. The monoisotopic (exact) mass is 400 g/mol. The van der Waals surface area contributed by atoms with E-state index in [1.807, 2.05) is 20.8 Å². The van der Waals surface area contributed by atoms with Crippen LogP contribution in [0.2, 0.25) is 0 Å². The molecule has 0 aromatic carbocycles. The highest BCUT2D eigenvalue weighted by Gasteiger charge is 2.39. The minimum absolute atomic E-state index is 0.0729. The summed E-state index contributed by atoms with van der Waals surface area (Å²) >= 11 is 11.3. The normalized spacial score (nSPS) is 20.8. The maximum Gasteiger partial charge on any atom is 0.421 e. The van der Waals surface area contributed by atoms with Crippen molar-refractivity contribution in [1.82, 2.24) is 8.38 Å². The fourth-order valence-electron chi connectivity index (χ4n) is 1.45. The zero-order chi connectivity index (χ0) is 17.8. The van der Waals surface area contributed by atoms with Crippen LogP contribution in [0.15, 0.2) is 0 Å². The molecule has 11 heteroatoms. The van der Waals surface area contributed by atoms with Crippen LogP contribution in [0.4, 0.5) is 4.79 Å². The number of hydrogen-bond acceptors (Lipinski definition) is 8. The Bertz CT molecular complexity index is 492. The summed E-state index contributed by atoms with van der Waals surface area (Å²) in [5.74, 6) is 0. The summed E-state index contributed by atoms with van der Waals surface area (Å²) in [6.45, 7) is 6.50. The lowest BCUT2D eigenvalue weighted by atomic mass is 9.97. The molecule has 0 saturated carbocycles. The van der Waals surface area contributed by atoms with Crippen LogP contribution in [-0.2, 0) is 38.2 Å². The van der Waals surface area contributed by atoms with E-state index in [4.69, 9.17) is 31.0 Å². The van der Waals surface area contributed by atoms with E-state index in [9.17, 15) is 4.79 Å². The van der Waals surface area contributed by atoms with Crippen LogP contribution in [-0.4, -0.2) is 52.4 Å². The summed E-state index contributed by atoms with van der Waals surface area (Å²) in [4.78, 5) is 12.0. The predicted molar refractivity (Wildman–Crippen MR) is 98.7 cm³/mol. The number of amides is 1. The Balaban J connectivity index is 2.67. The molecule has 134 valence electrons. The zero-order valence-electron chi connectivity index (χ0n) is 13.9. The zero-order valence-corrected chi connectivity index (χ0v) is 17.2. The topological polar surface area (TPSA) is 75.1 Å². The van der Waals surface area contributed by atoms with Crippen molar-refractivity contribution in [3.05, 3.63) is 0 Å². The van der Waals surface area contributed by atoms with Crippen LogP contribution in [0.3, 0.4) is 0 Å². The van der Waals surface area contributed by atoms with Crippen LogP contribution in [0.5, 0.6) is 0 Å². The molecule has 1 saturated heterocycles. The van der Waals surface area contributed by atoms with E-state index >= 15 is 0 Å². The molecule has 0 aromatic rings. The van der Waals surface area contributed by atoms with E-state index in [2.05, 4.69) is 12.6 Å². The third kappa shape index (κ3) is 6.12. The second kappa shape index (κ2) is 8.42. The molecule has 1 amide bonds. The number of hydrogen-bond donors (Lipinski definition) is 1. The molecule has 1 aliphatic heterocycles. The van der Waals surface area contributed by atoms with Crippen molar-refractivity contribution in [3.8, 4) is 0 Å². The van der Waals surface area contributed by atoms with Gasteiger partial charge in [-0.25, -0.2) is 9.10 Å². The van der Waals surface area contributed by atoms with Crippen LogP contribution in [0.1, 0.15) is 27.7 Å². The number of ether oxygens (including phenoxy) is 1.